The molecule has 0 spiro atoms. The Balaban J connectivity index is 0.000000810. The van der Waals surface area contributed by atoms with Gasteiger partial charge in [-0.25, -0.2) is 0 Å². The summed E-state index contributed by atoms with van der Waals surface area (Å²) in [7, 11) is 0. The molecule has 0 bridgehead atoms. The first-order valence-electron chi connectivity index (χ1n) is 2.58. The SMILES string of the molecule is O=CC1C[C-]=CN=C1F.[U]. The summed E-state index contributed by atoms with van der Waals surface area (Å²) in [5.74, 6) is -1.29. The Labute approximate surface area is 82.0 Å². The second-order valence-electron chi connectivity index (χ2n) is 1.73. The largest absolute Gasteiger partial charge is 0.476 e. The van der Waals surface area contributed by atoms with Crippen LogP contribution in [-0.4, -0.2) is 12.3 Å². The third-order valence-corrected chi connectivity index (χ3v) is 1.09. The summed E-state index contributed by atoms with van der Waals surface area (Å²) < 4.78 is 12.3. The summed E-state index contributed by atoms with van der Waals surface area (Å²) in [5.41, 5.74) is 0. The van der Waals surface area contributed by atoms with Crippen molar-refractivity contribution in [3.05, 3.63) is 12.3 Å². The van der Waals surface area contributed by atoms with Crippen LogP contribution in [0.2, 0.25) is 0 Å². The fourth-order valence-corrected chi connectivity index (χ4v) is 0.571. The fourth-order valence-electron chi connectivity index (χ4n) is 0.571. The van der Waals surface area contributed by atoms with Gasteiger partial charge in [-0.15, -0.1) is 0 Å². The molecule has 1 atom stereocenters. The minimum absolute atomic E-state index is 0. The van der Waals surface area contributed by atoms with Crippen LogP contribution in [0.25, 0.3) is 0 Å². The average molecular weight is 364 g/mol. The maximum atomic E-state index is 12.3. The Kier molecular flexibility index (Phi) is 4.84. The molecule has 0 aromatic carbocycles. The van der Waals surface area contributed by atoms with E-state index in [-0.39, 0.29) is 31.1 Å². The summed E-state index contributed by atoms with van der Waals surface area (Å²) in [5, 5.41) is 0. The van der Waals surface area contributed by atoms with Crippen LogP contribution in [0, 0.1) is 43.1 Å². The van der Waals surface area contributed by atoms with Gasteiger partial charge in [-0.1, -0.05) is 0 Å². The van der Waals surface area contributed by atoms with E-state index in [0.717, 1.165) is 0 Å². The maximum absolute atomic E-state index is 12.3. The van der Waals surface area contributed by atoms with E-state index in [1.165, 1.54) is 6.20 Å². The number of carbonyl (C=O) groups is 1. The van der Waals surface area contributed by atoms with Crippen LogP contribution in [0.5, 0.6) is 0 Å². The van der Waals surface area contributed by atoms with Gasteiger partial charge in [-0.3, -0.25) is 4.99 Å². The molecule has 1 rings (SSSR count). The molecule has 0 saturated heterocycles. The van der Waals surface area contributed by atoms with Gasteiger partial charge in [-0.05, 0) is 0 Å². The second kappa shape index (κ2) is 4.81. The van der Waals surface area contributed by atoms with Gasteiger partial charge < -0.3 is 10.9 Å². The molecule has 0 aromatic rings. The molecule has 1 heterocycles. The van der Waals surface area contributed by atoms with Crippen LogP contribution in [0.15, 0.2) is 11.2 Å². The van der Waals surface area contributed by atoms with Crippen molar-refractivity contribution >= 4 is 12.3 Å². The molecule has 0 radical (unpaired) electrons. The van der Waals surface area contributed by atoms with Gasteiger partial charge in [-0.2, -0.15) is 17.0 Å². The third-order valence-electron chi connectivity index (χ3n) is 1.09. The van der Waals surface area contributed by atoms with Crippen LogP contribution in [-0.2, 0) is 4.79 Å². The number of allylic oxidation sites excluding steroid dienone is 1. The predicted octanol–water partition coefficient (Wildman–Crippen LogP) is 0.890. The first-order chi connectivity index (χ1) is 4.34. The summed E-state index contributed by atoms with van der Waals surface area (Å²) in [6.45, 7) is 0. The van der Waals surface area contributed by atoms with E-state index in [9.17, 15) is 9.18 Å². The first-order valence-corrected chi connectivity index (χ1v) is 2.58. The Bertz CT molecular complexity index is 179. The minimum Gasteiger partial charge on any atom is -0.476 e. The van der Waals surface area contributed by atoms with Crippen molar-refractivity contribution in [3.8, 4) is 0 Å². The second-order valence-corrected chi connectivity index (χ2v) is 1.73. The van der Waals surface area contributed by atoms with Crippen molar-refractivity contribution in [2.45, 2.75) is 6.42 Å². The molecule has 0 saturated carbocycles. The van der Waals surface area contributed by atoms with Gasteiger partial charge >= 0.3 is 0 Å². The average Bonchev–Trinajstić information content (AvgIpc) is 1.89. The molecule has 10 heavy (non-hydrogen) atoms. The number of carbonyl (C=O) groups excluding carboxylic acids is 1. The Hall–Kier alpha value is 0.0619. The van der Waals surface area contributed by atoms with E-state index in [2.05, 4.69) is 11.1 Å². The molecule has 0 fully saturated rings. The molecule has 0 aromatic heterocycles. The number of hydrogen-bond donors (Lipinski definition) is 0. The number of hydrogen-bond acceptors (Lipinski definition) is 2. The van der Waals surface area contributed by atoms with E-state index >= 15 is 0 Å². The Morgan fingerprint density at radius 3 is 3.00 bits per heavy atom. The maximum Gasteiger partial charge on any atom is 0.193 e. The number of rotatable bonds is 1. The van der Waals surface area contributed by atoms with Gasteiger partial charge in [0.05, 0.1) is 5.92 Å². The molecule has 2 nitrogen and oxygen atoms in total. The van der Waals surface area contributed by atoms with Crippen LogP contribution >= 0.6 is 0 Å². The summed E-state index contributed by atoms with van der Waals surface area (Å²) in [4.78, 5) is 13.3. The van der Waals surface area contributed by atoms with E-state index in [4.69, 9.17) is 0 Å². The van der Waals surface area contributed by atoms with E-state index < -0.39 is 11.9 Å². The van der Waals surface area contributed by atoms with Crippen molar-refractivity contribution in [1.82, 2.24) is 0 Å². The predicted molar refractivity (Wildman–Crippen MR) is 30.5 cm³/mol. The molecular weight excluding hydrogens is 359 g/mol. The quantitative estimate of drug-likeness (QED) is 0.502. The van der Waals surface area contributed by atoms with Crippen molar-refractivity contribution in [2.24, 2.45) is 10.9 Å². The Morgan fingerprint density at radius 2 is 2.60 bits per heavy atom. The van der Waals surface area contributed by atoms with Gasteiger partial charge in [0.25, 0.3) is 0 Å². The molecule has 0 aliphatic carbocycles. The fraction of sp³-hybridized carbons (Fsp3) is 0.333. The smallest absolute Gasteiger partial charge is 0.193 e. The van der Waals surface area contributed by atoms with E-state index in [1.54, 1.807) is 0 Å². The van der Waals surface area contributed by atoms with Gasteiger partial charge in [0, 0.05) is 31.1 Å². The summed E-state index contributed by atoms with van der Waals surface area (Å²) in [6.07, 6.45) is 4.74. The van der Waals surface area contributed by atoms with Crippen molar-refractivity contribution < 1.29 is 40.3 Å². The van der Waals surface area contributed by atoms with Crippen LogP contribution in [0.1, 0.15) is 6.42 Å². The molecule has 0 N–H and O–H groups in total. The van der Waals surface area contributed by atoms with Crippen LogP contribution in [0.3, 0.4) is 0 Å². The normalized spacial score (nSPS) is 22.9. The van der Waals surface area contributed by atoms with E-state index in [1.807, 2.05) is 0 Å². The van der Waals surface area contributed by atoms with Gasteiger partial charge in [0.2, 0.25) is 0 Å². The zero-order chi connectivity index (χ0) is 6.69. The van der Waals surface area contributed by atoms with Gasteiger partial charge in [0.1, 0.15) is 6.29 Å². The molecule has 52 valence electrons. The zero-order valence-corrected chi connectivity index (χ0v) is 9.34. The molecule has 0 amide bonds. The van der Waals surface area contributed by atoms with Crippen molar-refractivity contribution in [2.75, 3.05) is 0 Å². The first kappa shape index (κ1) is 10.1. The zero-order valence-electron chi connectivity index (χ0n) is 5.17. The monoisotopic (exact) mass is 364 g/mol. The molecule has 1 aliphatic rings. The third kappa shape index (κ3) is 2.36. The van der Waals surface area contributed by atoms with Crippen molar-refractivity contribution in [1.29, 1.82) is 0 Å². The minimum atomic E-state index is -0.685. The number of nitrogens with zero attached hydrogens (tertiary/aromatic N) is 1. The Morgan fingerprint density at radius 1 is 1.90 bits per heavy atom. The molecule has 1 unspecified atom stereocenters. The summed E-state index contributed by atoms with van der Waals surface area (Å²) >= 11 is 0. The van der Waals surface area contributed by atoms with E-state index in [0.29, 0.717) is 12.7 Å². The molecule has 1 aliphatic heterocycles. The topological polar surface area (TPSA) is 29.4 Å². The van der Waals surface area contributed by atoms with Crippen LogP contribution in [0.4, 0.5) is 4.39 Å². The summed E-state index contributed by atoms with van der Waals surface area (Å²) in [6, 6.07) is 0. The standard InChI is InChI=1S/C6H5FNO.U/c7-6-5(4-9)2-1-3-8-6;/h3-5H,2H2;/q-1;. The van der Waals surface area contributed by atoms with Crippen LogP contribution < -0.4 is 0 Å². The number of aldehydes is 1. The number of halogens is 1. The molecule has 4 heteroatoms. The molecular formula is C6H5FNOU-. The number of aliphatic imine (C=N–C) groups is 1. The van der Waals surface area contributed by atoms with Gasteiger partial charge in [0.15, 0.2) is 5.97 Å². The van der Waals surface area contributed by atoms with Crippen molar-refractivity contribution in [3.63, 3.8) is 0 Å².